The largest absolute Gasteiger partial charge is 0.676 e. The first-order valence-electron chi connectivity index (χ1n) is 12.3. The van der Waals surface area contributed by atoms with Gasteiger partial charge in [0.15, 0.2) is 11.5 Å². The molecule has 3 aliphatic rings. The summed E-state index contributed by atoms with van der Waals surface area (Å²) >= 11 is 1.10. The number of hydrogen-bond acceptors (Lipinski definition) is 6. The smallest absolute Gasteiger partial charge is 0.417 e. The summed E-state index contributed by atoms with van der Waals surface area (Å²) in [4.78, 5) is 30.1. The van der Waals surface area contributed by atoms with Crippen LogP contribution in [0, 0.1) is 12.8 Å². The van der Waals surface area contributed by atoms with Gasteiger partial charge in [0.2, 0.25) is 0 Å². The number of carbonyl (C=O) groups is 2. The van der Waals surface area contributed by atoms with E-state index in [4.69, 9.17) is 20.3 Å². The molecule has 1 saturated carbocycles. The van der Waals surface area contributed by atoms with Crippen LogP contribution in [0.25, 0.3) is 16.2 Å². The van der Waals surface area contributed by atoms with Crippen LogP contribution in [0.5, 0.6) is 11.5 Å². The lowest BCUT2D eigenvalue weighted by Gasteiger charge is -2.29. The number of piperidine rings is 1. The van der Waals surface area contributed by atoms with Crippen LogP contribution < -0.4 is 9.47 Å². The monoisotopic (exact) mass is 560 g/mol. The Morgan fingerprint density at radius 3 is 2.59 bits per heavy atom. The second-order valence-corrected chi connectivity index (χ2v) is 10.7. The quantitative estimate of drug-likeness (QED) is 0.422. The number of fused-ring (bicyclic) bond motifs is 2. The van der Waals surface area contributed by atoms with Crippen molar-refractivity contribution < 1.29 is 37.3 Å². The van der Waals surface area contributed by atoms with E-state index in [9.17, 15) is 22.8 Å². The van der Waals surface area contributed by atoms with Crippen LogP contribution in [0.4, 0.5) is 13.2 Å². The number of halogens is 3. The van der Waals surface area contributed by atoms with Crippen molar-refractivity contribution in [1.29, 1.82) is 0 Å². The first-order valence-corrected chi connectivity index (χ1v) is 13.1. The lowest BCUT2D eigenvalue weighted by atomic mass is 10.0. The molecular weight excluding hydrogens is 535 g/mol. The predicted molar refractivity (Wildman–Crippen MR) is 137 cm³/mol. The molecule has 0 bridgehead atoms. The molecule has 206 valence electrons. The topological polar surface area (TPSA) is 113 Å². The van der Waals surface area contributed by atoms with Crippen molar-refractivity contribution in [3.63, 3.8) is 0 Å². The number of hydrogen-bond donors (Lipinski definition) is 1. The number of thiazole rings is 1. The van der Waals surface area contributed by atoms with Gasteiger partial charge in [0.1, 0.15) is 24.5 Å². The highest BCUT2D eigenvalue weighted by molar-refractivity contribution is 7.15. The van der Waals surface area contributed by atoms with Crippen molar-refractivity contribution in [2.45, 2.75) is 38.0 Å². The molecule has 39 heavy (non-hydrogen) atoms. The van der Waals surface area contributed by atoms with Crippen LogP contribution in [0.3, 0.4) is 0 Å². The number of alkyl halides is 3. The van der Waals surface area contributed by atoms with E-state index in [1.54, 1.807) is 24.0 Å². The molecule has 2 fully saturated rings. The Hall–Kier alpha value is -3.64. The standard InChI is InChI=1S/C18H17F3N3OS.C9H8O4/c1-9-23-15(17(25)24-11(8-22)6-10-7-14(10)24)16(26-9)12-4-2-3-5-13(12)18(19,20)21;10-9(11)6-2-1-3-7-8(6)13-5-4-12-7/h2-5,10-11,14,22H,6-8H2,1H3;1-3H,4-5H2,(H,10,11)/q-1;/t10-,11+,14+;/m1./s1. The maximum atomic E-state index is 13.4. The Kier molecular flexibility index (Phi) is 7.25. The second-order valence-electron chi connectivity index (χ2n) is 9.46. The fourth-order valence-electron chi connectivity index (χ4n) is 5.10. The minimum absolute atomic E-state index is 0.0112. The molecule has 0 radical (unpaired) electrons. The van der Waals surface area contributed by atoms with E-state index in [1.165, 1.54) is 24.3 Å². The summed E-state index contributed by atoms with van der Waals surface area (Å²) in [6.07, 6.45) is -2.79. The van der Waals surface area contributed by atoms with Crippen LogP contribution in [-0.4, -0.2) is 58.7 Å². The summed E-state index contributed by atoms with van der Waals surface area (Å²) in [7, 11) is 0. The maximum Gasteiger partial charge on any atom is 0.417 e. The zero-order chi connectivity index (χ0) is 27.9. The summed E-state index contributed by atoms with van der Waals surface area (Å²) in [5.74, 6) is -0.0710. The molecule has 0 unspecified atom stereocenters. The number of nitrogens with zero attached hydrogens (tertiary/aromatic N) is 2. The number of carboxylic acids is 1. The predicted octanol–water partition coefficient (Wildman–Crippen LogP) is 5.95. The molecule has 2 aliphatic heterocycles. The van der Waals surface area contributed by atoms with Gasteiger partial charge in [-0.25, -0.2) is 9.78 Å². The van der Waals surface area contributed by atoms with Crippen molar-refractivity contribution in [1.82, 2.24) is 9.88 Å². The van der Waals surface area contributed by atoms with Gasteiger partial charge in [-0.1, -0.05) is 24.3 Å². The van der Waals surface area contributed by atoms with Gasteiger partial charge < -0.3 is 25.2 Å². The summed E-state index contributed by atoms with van der Waals surface area (Å²) in [6, 6.07) is 10.1. The molecule has 1 saturated heterocycles. The Bertz CT molecular complexity index is 1410. The lowest BCUT2D eigenvalue weighted by Crippen LogP contribution is -2.40. The van der Waals surface area contributed by atoms with Crippen molar-refractivity contribution in [3.05, 3.63) is 70.0 Å². The van der Waals surface area contributed by atoms with Gasteiger partial charge in [-0.15, -0.1) is 17.9 Å². The summed E-state index contributed by atoms with van der Waals surface area (Å²) in [5, 5.41) is 9.36. The van der Waals surface area contributed by atoms with E-state index in [1.807, 2.05) is 0 Å². The van der Waals surface area contributed by atoms with Crippen molar-refractivity contribution >= 4 is 23.2 Å². The van der Waals surface area contributed by atoms with Gasteiger partial charge in [-0.2, -0.15) is 13.2 Å². The van der Waals surface area contributed by atoms with E-state index < -0.39 is 17.7 Å². The number of nitrogens with one attached hydrogen (secondary N) is 1. The van der Waals surface area contributed by atoms with Crippen LogP contribution in [0.15, 0.2) is 42.5 Å². The Morgan fingerprint density at radius 2 is 1.87 bits per heavy atom. The zero-order valence-electron chi connectivity index (χ0n) is 20.8. The highest BCUT2D eigenvalue weighted by Crippen LogP contribution is 2.49. The molecule has 8 nitrogen and oxygen atoms in total. The molecular formula is C27H25F3N3O5S-. The number of aromatic carboxylic acids is 1. The van der Waals surface area contributed by atoms with Crippen molar-refractivity contribution in [3.8, 4) is 21.9 Å². The van der Waals surface area contributed by atoms with Crippen LogP contribution in [0.2, 0.25) is 0 Å². The molecule has 1 aromatic heterocycles. The number of aryl methyl sites for hydroxylation is 1. The van der Waals surface area contributed by atoms with Gasteiger partial charge in [0.25, 0.3) is 5.91 Å². The van der Waals surface area contributed by atoms with Crippen LogP contribution in [0.1, 0.15) is 44.3 Å². The Morgan fingerprint density at radius 1 is 1.13 bits per heavy atom. The molecule has 6 rings (SSSR count). The molecule has 2 aromatic carbocycles. The SMILES string of the molecule is Cc1nc(C(=O)N2[C@H](C[NH-])C[C@@H]3C[C@@H]32)c(-c2ccccc2C(F)(F)F)s1.O=C(O)c1cccc2c1OCCO2. The Balaban J connectivity index is 0.000000198. The fraction of sp³-hybridized carbons (Fsp3) is 0.370. The number of carbonyl (C=O) groups excluding carboxylic acids is 1. The number of likely N-dealkylation sites (tertiary alicyclic amines) is 1. The lowest BCUT2D eigenvalue weighted by molar-refractivity contribution is -0.137. The molecule has 0 spiro atoms. The first-order chi connectivity index (χ1) is 18.6. The molecule has 1 aliphatic carbocycles. The van der Waals surface area contributed by atoms with Gasteiger partial charge in [-0.05, 0) is 43.9 Å². The third kappa shape index (κ3) is 5.30. The fourth-order valence-corrected chi connectivity index (χ4v) is 6.05. The van der Waals surface area contributed by atoms with E-state index in [-0.39, 0.29) is 46.2 Å². The molecule has 3 aromatic rings. The number of aromatic nitrogens is 1. The van der Waals surface area contributed by atoms with Gasteiger partial charge in [0.05, 0.1) is 15.4 Å². The number of benzene rings is 2. The third-order valence-corrected chi connectivity index (χ3v) is 7.90. The van der Waals surface area contributed by atoms with Gasteiger partial charge in [-0.3, -0.25) is 4.79 Å². The molecule has 2 N–H and O–H groups in total. The van der Waals surface area contributed by atoms with E-state index in [0.29, 0.717) is 35.6 Å². The highest BCUT2D eigenvalue weighted by Gasteiger charge is 2.53. The molecule has 12 heteroatoms. The second kappa shape index (κ2) is 10.5. The third-order valence-electron chi connectivity index (χ3n) is 6.89. The number of carboxylic acid groups (broad SMARTS) is 1. The zero-order valence-corrected chi connectivity index (χ0v) is 21.6. The minimum atomic E-state index is -4.51. The number of rotatable bonds is 4. The van der Waals surface area contributed by atoms with E-state index in [2.05, 4.69) is 4.98 Å². The minimum Gasteiger partial charge on any atom is -0.676 e. The van der Waals surface area contributed by atoms with Gasteiger partial charge >= 0.3 is 12.1 Å². The highest BCUT2D eigenvalue weighted by atomic mass is 32.1. The Labute approximate surface area is 226 Å². The van der Waals surface area contributed by atoms with Crippen molar-refractivity contribution in [2.75, 3.05) is 19.8 Å². The average molecular weight is 561 g/mol. The van der Waals surface area contributed by atoms with Crippen LogP contribution in [-0.2, 0) is 6.18 Å². The maximum absolute atomic E-state index is 13.4. The van der Waals surface area contributed by atoms with Crippen molar-refractivity contribution in [2.24, 2.45) is 5.92 Å². The summed E-state index contributed by atoms with van der Waals surface area (Å²) in [6.45, 7) is 2.66. The molecule has 1 amide bonds. The first kappa shape index (κ1) is 26.9. The number of para-hydroxylation sites is 1. The number of amides is 1. The average Bonchev–Trinajstić information content (AvgIpc) is 3.41. The summed E-state index contributed by atoms with van der Waals surface area (Å²) < 4.78 is 50.7. The van der Waals surface area contributed by atoms with Crippen LogP contribution >= 0.6 is 11.3 Å². The van der Waals surface area contributed by atoms with E-state index >= 15 is 0 Å². The normalized spacial score (nSPS) is 21.1. The molecule has 3 atom stereocenters. The summed E-state index contributed by atoms with van der Waals surface area (Å²) in [5.41, 5.74) is 7.13. The van der Waals surface area contributed by atoms with E-state index in [0.717, 1.165) is 30.2 Å². The van der Waals surface area contributed by atoms with Gasteiger partial charge in [0, 0.05) is 17.6 Å². The number of ether oxygens (including phenoxy) is 2. The molecule has 3 heterocycles.